The van der Waals surface area contributed by atoms with Crippen LogP contribution in [0.2, 0.25) is 5.02 Å². The quantitative estimate of drug-likeness (QED) is 0.856. The van der Waals surface area contributed by atoms with Crippen molar-refractivity contribution < 1.29 is 26.3 Å². The zero-order valence-electron chi connectivity index (χ0n) is 10.9. The summed E-state index contributed by atoms with van der Waals surface area (Å²) < 4.78 is 67.2. The number of nitrogens with zero attached hydrogens (tertiary/aromatic N) is 2. The van der Waals surface area contributed by atoms with E-state index in [-0.39, 0.29) is 27.0 Å². The molecule has 0 amide bonds. The average molecular weight is 343 g/mol. The van der Waals surface area contributed by atoms with Crippen molar-refractivity contribution in [3.8, 4) is 5.75 Å². The average Bonchev–Trinajstić information content (AvgIpc) is 2.70. The van der Waals surface area contributed by atoms with Crippen LogP contribution < -0.4 is 4.74 Å². The fourth-order valence-corrected chi connectivity index (χ4v) is 3.02. The van der Waals surface area contributed by atoms with Crippen molar-refractivity contribution >= 4 is 32.5 Å². The molecule has 2 aromatic rings. The van der Waals surface area contributed by atoms with Crippen molar-refractivity contribution in [3.05, 3.63) is 16.9 Å². The number of aromatic nitrogens is 2. The molecular formula is C11H10ClF3N2O3S. The molecule has 1 aromatic heterocycles. The fraction of sp³-hybridized carbons (Fsp3) is 0.364. The van der Waals surface area contributed by atoms with E-state index in [1.165, 1.54) is 7.05 Å². The molecule has 5 nitrogen and oxygen atoms in total. The van der Waals surface area contributed by atoms with Crippen LogP contribution in [0.4, 0.5) is 13.2 Å². The first kappa shape index (κ1) is 15.9. The summed E-state index contributed by atoms with van der Waals surface area (Å²) >= 11 is 5.97. The van der Waals surface area contributed by atoms with Crippen LogP contribution in [-0.2, 0) is 16.9 Å². The monoisotopic (exact) mass is 342 g/mol. The second-order valence-corrected chi connectivity index (χ2v) is 6.58. The Labute approximate surface area is 123 Å². The molecule has 2 rings (SSSR count). The van der Waals surface area contributed by atoms with Crippen molar-refractivity contribution in [1.82, 2.24) is 9.55 Å². The Morgan fingerprint density at radius 3 is 2.62 bits per heavy atom. The van der Waals surface area contributed by atoms with Crippen LogP contribution >= 0.6 is 11.6 Å². The number of hydrogen-bond donors (Lipinski definition) is 0. The van der Waals surface area contributed by atoms with E-state index in [0.29, 0.717) is 0 Å². The maximum atomic E-state index is 13.9. The lowest BCUT2D eigenvalue weighted by Gasteiger charge is -2.09. The van der Waals surface area contributed by atoms with Gasteiger partial charge in [0.15, 0.2) is 5.82 Å². The minimum Gasteiger partial charge on any atom is -0.486 e. The SMILES string of the molecule is Cn1c(S(C)(=O)=O)nc2c(F)cc(OCC(F)F)c(Cl)c21. The van der Waals surface area contributed by atoms with Crippen LogP contribution in [-0.4, -0.2) is 37.3 Å². The largest absolute Gasteiger partial charge is 0.486 e. The number of alkyl halides is 2. The van der Waals surface area contributed by atoms with E-state index in [0.717, 1.165) is 16.9 Å². The van der Waals surface area contributed by atoms with Gasteiger partial charge in [0.25, 0.3) is 6.43 Å². The van der Waals surface area contributed by atoms with E-state index in [1.807, 2.05) is 0 Å². The Kier molecular flexibility index (Phi) is 4.07. The van der Waals surface area contributed by atoms with Gasteiger partial charge in [-0.25, -0.2) is 26.6 Å². The number of aryl methyl sites for hydroxylation is 1. The molecule has 0 aliphatic rings. The van der Waals surface area contributed by atoms with Gasteiger partial charge in [0.05, 0.1) is 5.52 Å². The molecule has 0 unspecified atom stereocenters. The summed E-state index contributed by atoms with van der Waals surface area (Å²) in [4.78, 5) is 3.69. The second kappa shape index (κ2) is 5.38. The number of ether oxygens (including phenoxy) is 1. The summed E-state index contributed by atoms with van der Waals surface area (Å²) in [5.74, 6) is -1.21. The molecule has 0 radical (unpaired) electrons. The van der Waals surface area contributed by atoms with E-state index in [1.54, 1.807) is 0 Å². The molecule has 0 saturated heterocycles. The first-order chi connectivity index (χ1) is 9.62. The Balaban J connectivity index is 2.69. The molecule has 10 heteroatoms. The van der Waals surface area contributed by atoms with Gasteiger partial charge in [-0.2, -0.15) is 0 Å². The third-order valence-electron chi connectivity index (χ3n) is 2.66. The number of sulfone groups is 1. The molecule has 21 heavy (non-hydrogen) atoms. The van der Waals surface area contributed by atoms with Crippen molar-refractivity contribution in [1.29, 1.82) is 0 Å². The number of imidazole rings is 1. The van der Waals surface area contributed by atoms with Crippen LogP contribution in [0.15, 0.2) is 11.2 Å². The number of hydrogen-bond acceptors (Lipinski definition) is 4. The number of rotatable bonds is 4. The lowest BCUT2D eigenvalue weighted by molar-refractivity contribution is 0.0818. The van der Waals surface area contributed by atoms with Gasteiger partial charge in [-0.05, 0) is 0 Å². The highest BCUT2D eigenvalue weighted by atomic mass is 35.5. The van der Waals surface area contributed by atoms with Crippen molar-refractivity contribution in [2.24, 2.45) is 7.05 Å². The Morgan fingerprint density at radius 1 is 1.48 bits per heavy atom. The number of fused-ring (bicyclic) bond motifs is 1. The Hall–Kier alpha value is -1.48. The summed E-state index contributed by atoms with van der Waals surface area (Å²) in [5.41, 5.74) is -0.311. The molecule has 0 N–H and O–H groups in total. The molecule has 116 valence electrons. The molecule has 1 aromatic carbocycles. The van der Waals surface area contributed by atoms with E-state index in [4.69, 9.17) is 16.3 Å². The van der Waals surface area contributed by atoms with Gasteiger partial charge in [0, 0.05) is 19.4 Å². The topological polar surface area (TPSA) is 61.2 Å². The summed E-state index contributed by atoms with van der Waals surface area (Å²) in [5, 5.41) is -0.568. The fourth-order valence-electron chi connectivity index (χ4n) is 1.85. The summed E-state index contributed by atoms with van der Waals surface area (Å²) in [6.07, 6.45) is -1.84. The number of benzene rings is 1. The standard InChI is InChI=1S/C11H10ClF3N2O3S/c1-17-10-8(12)6(20-4-7(14)15)3-5(13)9(10)16-11(17)21(2,18)19/h3,7H,4H2,1-2H3. The van der Waals surface area contributed by atoms with Crippen molar-refractivity contribution in [3.63, 3.8) is 0 Å². The third-order valence-corrected chi connectivity index (χ3v) is 4.05. The van der Waals surface area contributed by atoms with Gasteiger partial charge in [-0.15, -0.1) is 0 Å². The minimum atomic E-state index is -3.70. The highest BCUT2D eigenvalue weighted by Crippen LogP contribution is 2.35. The normalized spacial score (nSPS) is 12.3. The Morgan fingerprint density at radius 2 is 2.10 bits per heavy atom. The van der Waals surface area contributed by atoms with E-state index < -0.39 is 28.7 Å². The first-order valence-electron chi connectivity index (χ1n) is 5.58. The van der Waals surface area contributed by atoms with Crippen molar-refractivity contribution in [2.45, 2.75) is 11.6 Å². The maximum Gasteiger partial charge on any atom is 0.272 e. The molecule has 1 heterocycles. The Bertz CT molecular complexity index is 805. The van der Waals surface area contributed by atoms with E-state index in [9.17, 15) is 21.6 Å². The lowest BCUT2D eigenvalue weighted by Crippen LogP contribution is -2.08. The summed E-state index contributed by atoms with van der Waals surface area (Å²) in [6.45, 7) is -0.957. The molecule has 0 bridgehead atoms. The van der Waals surface area contributed by atoms with Crippen LogP contribution in [0.3, 0.4) is 0 Å². The highest BCUT2D eigenvalue weighted by Gasteiger charge is 2.23. The van der Waals surface area contributed by atoms with Gasteiger partial charge in [0.2, 0.25) is 15.0 Å². The zero-order chi connectivity index (χ0) is 15.9. The van der Waals surface area contributed by atoms with Gasteiger partial charge in [-0.3, -0.25) is 0 Å². The van der Waals surface area contributed by atoms with Gasteiger partial charge >= 0.3 is 0 Å². The smallest absolute Gasteiger partial charge is 0.272 e. The molecule has 0 aliphatic heterocycles. The van der Waals surface area contributed by atoms with Gasteiger partial charge in [0.1, 0.15) is 22.9 Å². The first-order valence-corrected chi connectivity index (χ1v) is 7.85. The van der Waals surface area contributed by atoms with Crippen LogP contribution in [0.5, 0.6) is 5.75 Å². The third kappa shape index (κ3) is 2.93. The molecule has 0 spiro atoms. The predicted octanol–water partition coefficient (Wildman–Crippen LogP) is 2.41. The molecule has 0 atom stereocenters. The lowest BCUT2D eigenvalue weighted by atomic mass is 10.3. The van der Waals surface area contributed by atoms with Gasteiger partial charge in [-0.1, -0.05) is 11.6 Å². The molecule has 0 fully saturated rings. The summed E-state index contributed by atoms with van der Waals surface area (Å²) in [6, 6.07) is 0.798. The van der Waals surface area contributed by atoms with E-state index >= 15 is 0 Å². The van der Waals surface area contributed by atoms with Crippen LogP contribution in [0.25, 0.3) is 11.0 Å². The minimum absolute atomic E-state index is 0.0404. The highest BCUT2D eigenvalue weighted by molar-refractivity contribution is 7.90. The van der Waals surface area contributed by atoms with Crippen molar-refractivity contribution in [2.75, 3.05) is 12.9 Å². The van der Waals surface area contributed by atoms with Crippen LogP contribution in [0.1, 0.15) is 0 Å². The molecule has 0 aliphatic carbocycles. The zero-order valence-corrected chi connectivity index (χ0v) is 12.5. The van der Waals surface area contributed by atoms with E-state index in [2.05, 4.69) is 4.98 Å². The molecular weight excluding hydrogens is 333 g/mol. The van der Waals surface area contributed by atoms with Gasteiger partial charge < -0.3 is 9.30 Å². The molecule has 0 saturated carbocycles. The number of halogens is 4. The second-order valence-electron chi connectivity index (χ2n) is 4.30. The summed E-state index contributed by atoms with van der Waals surface area (Å²) in [7, 11) is -2.37. The maximum absolute atomic E-state index is 13.9. The van der Waals surface area contributed by atoms with Crippen LogP contribution in [0, 0.1) is 5.82 Å². The predicted molar refractivity (Wildman–Crippen MR) is 70.3 cm³/mol.